The first kappa shape index (κ1) is 29.6. The van der Waals surface area contributed by atoms with Crippen LogP contribution < -0.4 is 0 Å². The molecule has 0 aromatic carbocycles. The maximum atomic E-state index is 3.25. The summed E-state index contributed by atoms with van der Waals surface area (Å²) in [6.07, 6.45) is 34.1. The van der Waals surface area contributed by atoms with Crippen molar-refractivity contribution in [2.45, 2.75) is 175 Å². The molecule has 0 radical (unpaired) electrons. The highest BCUT2D eigenvalue weighted by Gasteiger charge is 2.01. The van der Waals surface area contributed by atoms with E-state index >= 15 is 0 Å². The van der Waals surface area contributed by atoms with Gasteiger partial charge in [-0.15, -0.1) is 11.8 Å². The fourth-order valence-electron chi connectivity index (χ4n) is 4.46. The number of unbranched alkanes of at least 4 members (excludes halogenated alkanes) is 19. The van der Waals surface area contributed by atoms with Crippen LogP contribution in [0.1, 0.15) is 175 Å². The van der Waals surface area contributed by atoms with Crippen LogP contribution in [0.2, 0.25) is 0 Å². The zero-order valence-corrected chi connectivity index (χ0v) is 21.5. The smallest absolute Gasteiger partial charge is 0.00886 e. The van der Waals surface area contributed by atoms with Gasteiger partial charge in [-0.05, 0) is 12.3 Å². The van der Waals surface area contributed by atoms with Crippen molar-refractivity contribution in [2.24, 2.45) is 5.92 Å². The Morgan fingerprint density at radius 3 is 1.20 bits per heavy atom. The van der Waals surface area contributed by atoms with Crippen molar-refractivity contribution in [1.82, 2.24) is 0 Å². The molecule has 0 heteroatoms. The summed E-state index contributed by atoms with van der Waals surface area (Å²) in [6, 6.07) is 0. The molecule has 1 atom stereocenters. The molecule has 0 heterocycles. The van der Waals surface area contributed by atoms with Gasteiger partial charge in [-0.25, -0.2) is 0 Å². The molecule has 0 aliphatic rings. The van der Waals surface area contributed by atoms with Gasteiger partial charge < -0.3 is 0 Å². The second kappa shape index (κ2) is 26.6. The van der Waals surface area contributed by atoms with Gasteiger partial charge in [0.1, 0.15) is 0 Å². The minimum Gasteiger partial charge on any atom is -0.104 e. The lowest BCUT2D eigenvalue weighted by Gasteiger charge is -2.10. The van der Waals surface area contributed by atoms with Gasteiger partial charge in [0.15, 0.2) is 0 Å². The van der Waals surface area contributed by atoms with E-state index in [4.69, 9.17) is 0 Å². The Hall–Kier alpha value is -0.440. The van der Waals surface area contributed by atoms with Crippen molar-refractivity contribution in [3.05, 3.63) is 0 Å². The predicted molar refractivity (Wildman–Crippen MR) is 139 cm³/mol. The van der Waals surface area contributed by atoms with Gasteiger partial charge in [-0.2, -0.15) is 0 Å². The summed E-state index contributed by atoms with van der Waals surface area (Å²) in [6.45, 7) is 6.90. The maximum absolute atomic E-state index is 3.25. The zero-order valence-electron chi connectivity index (χ0n) is 21.5. The Kier molecular flexibility index (Phi) is 26.2. The van der Waals surface area contributed by atoms with E-state index in [1.54, 1.807) is 0 Å². The number of hydrogen-bond donors (Lipinski definition) is 0. The summed E-state index contributed by atoms with van der Waals surface area (Å²) < 4.78 is 0. The van der Waals surface area contributed by atoms with Crippen molar-refractivity contribution in [3.63, 3.8) is 0 Å². The van der Waals surface area contributed by atoms with Crippen LogP contribution in [0.3, 0.4) is 0 Å². The molecule has 0 saturated carbocycles. The molecule has 0 spiro atoms. The van der Waals surface area contributed by atoms with Crippen LogP contribution in [-0.2, 0) is 0 Å². The summed E-state index contributed by atoms with van der Waals surface area (Å²) in [5.41, 5.74) is 0. The lowest BCUT2D eigenvalue weighted by atomic mass is 9.96. The van der Waals surface area contributed by atoms with E-state index in [1.807, 2.05) is 0 Å². The highest BCUT2D eigenvalue weighted by atomic mass is 14.1. The topological polar surface area (TPSA) is 0 Å². The molecule has 0 nitrogen and oxygen atoms in total. The van der Waals surface area contributed by atoms with E-state index in [0.717, 1.165) is 18.8 Å². The van der Waals surface area contributed by atoms with Gasteiger partial charge in [0.25, 0.3) is 0 Å². The minimum absolute atomic E-state index is 0.965. The Labute approximate surface area is 192 Å². The van der Waals surface area contributed by atoms with E-state index in [9.17, 15) is 0 Å². The highest BCUT2D eigenvalue weighted by Crippen LogP contribution is 2.18. The molecule has 0 saturated heterocycles. The molecule has 0 bridgehead atoms. The van der Waals surface area contributed by atoms with Crippen molar-refractivity contribution in [3.8, 4) is 11.8 Å². The van der Waals surface area contributed by atoms with E-state index in [0.29, 0.717) is 0 Å². The van der Waals surface area contributed by atoms with Gasteiger partial charge in [0.05, 0.1) is 0 Å². The average molecular weight is 419 g/mol. The number of hydrogen-bond acceptors (Lipinski definition) is 0. The van der Waals surface area contributed by atoms with Crippen LogP contribution >= 0.6 is 0 Å². The molecule has 0 aliphatic heterocycles. The van der Waals surface area contributed by atoms with E-state index in [2.05, 4.69) is 32.6 Å². The molecule has 0 aliphatic carbocycles. The third-order valence-corrected chi connectivity index (χ3v) is 6.60. The SMILES string of the molecule is CCC#CCCCCCCCCCCCCCCCCCCCC(C)CCCCC. The van der Waals surface area contributed by atoms with Gasteiger partial charge >= 0.3 is 0 Å². The third kappa shape index (κ3) is 25.6. The fourth-order valence-corrected chi connectivity index (χ4v) is 4.46. The quantitative estimate of drug-likeness (QED) is 0.114. The third-order valence-electron chi connectivity index (χ3n) is 6.60. The molecule has 0 fully saturated rings. The second-order valence-electron chi connectivity index (χ2n) is 9.86. The summed E-state index contributed by atoms with van der Waals surface area (Å²) in [5.74, 6) is 7.38. The molecule has 0 N–H and O–H groups in total. The molecule has 0 aromatic rings. The average Bonchev–Trinajstić information content (AvgIpc) is 2.75. The normalized spacial score (nSPS) is 12.0. The van der Waals surface area contributed by atoms with Crippen LogP contribution in [0.5, 0.6) is 0 Å². The molecule has 178 valence electrons. The maximum Gasteiger partial charge on any atom is 0.00886 e. The molecule has 0 aromatic heterocycles. The zero-order chi connectivity index (χ0) is 22.0. The van der Waals surface area contributed by atoms with Gasteiger partial charge in [0.2, 0.25) is 0 Å². The number of rotatable bonds is 23. The molecule has 0 rings (SSSR count). The Bertz CT molecular complexity index is 358. The first-order valence-electron chi connectivity index (χ1n) is 14.3. The highest BCUT2D eigenvalue weighted by molar-refractivity contribution is 4.97. The van der Waals surface area contributed by atoms with Crippen LogP contribution in [0.15, 0.2) is 0 Å². The lowest BCUT2D eigenvalue weighted by Crippen LogP contribution is -1.94. The Balaban J connectivity index is 3.08. The predicted octanol–water partition coefficient (Wildman–Crippen LogP) is 11.0. The van der Waals surface area contributed by atoms with Gasteiger partial charge in [0, 0.05) is 12.8 Å². The first-order valence-corrected chi connectivity index (χ1v) is 14.3. The van der Waals surface area contributed by atoms with Crippen LogP contribution in [0.25, 0.3) is 0 Å². The van der Waals surface area contributed by atoms with Crippen LogP contribution in [0.4, 0.5) is 0 Å². The van der Waals surface area contributed by atoms with Crippen molar-refractivity contribution >= 4 is 0 Å². The molecular weight excluding hydrogens is 360 g/mol. The summed E-state index contributed by atoms with van der Waals surface area (Å²) in [7, 11) is 0. The Morgan fingerprint density at radius 2 is 0.800 bits per heavy atom. The molecule has 30 heavy (non-hydrogen) atoms. The van der Waals surface area contributed by atoms with E-state index in [-0.39, 0.29) is 0 Å². The van der Waals surface area contributed by atoms with Crippen molar-refractivity contribution in [1.29, 1.82) is 0 Å². The van der Waals surface area contributed by atoms with Crippen molar-refractivity contribution in [2.75, 3.05) is 0 Å². The largest absolute Gasteiger partial charge is 0.104 e. The van der Waals surface area contributed by atoms with Crippen LogP contribution in [-0.4, -0.2) is 0 Å². The minimum atomic E-state index is 0.965. The monoisotopic (exact) mass is 418 g/mol. The first-order chi connectivity index (χ1) is 14.8. The molecular formula is C30H58. The van der Waals surface area contributed by atoms with Gasteiger partial charge in [-0.3, -0.25) is 0 Å². The van der Waals surface area contributed by atoms with Gasteiger partial charge in [-0.1, -0.05) is 156 Å². The van der Waals surface area contributed by atoms with Crippen molar-refractivity contribution < 1.29 is 0 Å². The Morgan fingerprint density at radius 1 is 0.433 bits per heavy atom. The summed E-state index contributed by atoms with van der Waals surface area (Å²) in [4.78, 5) is 0. The van der Waals surface area contributed by atoms with Crippen LogP contribution in [0, 0.1) is 17.8 Å². The summed E-state index contributed by atoms with van der Waals surface area (Å²) >= 11 is 0. The summed E-state index contributed by atoms with van der Waals surface area (Å²) in [5, 5.41) is 0. The standard InChI is InChI=1S/C30H58/c1-4-6-8-9-10-11-12-13-14-15-16-17-18-19-20-21-22-23-24-25-27-29-30(3)28-26-7-5-2/h30H,4-5,7,9-29H2,1-3H3. The second-order valence-corrected chi connectivity index (χ2v) is 9.86. The van der Waals surface area contributed by atoms with E-state index < -0.39 is 0 Å². The molecule has 1 unspecified atom stereocenters. The fraction of sp³-hybridized carbons (Fsp3) is 0.933. The van der Waals surface area contributed by atoms with E-state index in [1.165, 1.54) is 141 Å². The lowest BCUT2D eigenvalue weighted by molar-refractivity contribution is 0.435. The molecule has 0 amide bonds.